The van der Waals surface area contributed by atoms with Crippen LogP contribution >= 0.6 is 15.6 Å². The third kappa shape index (κ3) is 67.9. The fourth-order valence-electron chi connectivity index (χ4n) is 11.7. The van der Waals surface area contributed by atoms with Gasteiger partial charge in [-0.15, -0.1) is 0 Å². The van der Waals surface area contributed by atoms with Crippen LogP contribution in [0.15, 0.2) is 0 Å². The van der Waals surface area contributed by atoms with Crippen LogP contribution < -0.4 is 0 Å². The van der Waals surface area contributed by atoms with E-state index in [0.29, 0.717) is 25.7 Å². The first kappa shape index (κ1) is 94.1. The van der Waals surface area contributed by atoms with E-state index < -0.39 is 97.5 Å². The second-order valence-electron chi connectivity index (χ2n) is 28.7. The molecule has 0 aromatic rings. The number of ether oxygens (including phenoxy) is 4. The molecule has 0 aromatic carbocycles. The number of carbonyl (C=O) groups is 4. The average Bonchev–Trinajstić information content (AvgIpc) is 1.61. The molecule has 570 valence electrons. The fourth-order valence-corrected chi connectivity index (χ4v) is 13.3. The van der Waals surface area contributed by atoms with Gasteiger partial charge in [0, 0.05) is 25.7 Å². The molecule has 7 atom stereocenters. The number of aliphatic hydroxyl groups excluding tert-OH is 1. The zero-order valence-electron chi connectivity index (χ0n) is 62.8. The Kier molecular flexibility index (Phi) is 66.2. The van der Waals surface area contributed by atoms with E-state index in [9.17, 15) is 43.2 Å². The molecule has 4 unspecified atom stereocenters. The molecule has 0 aromatic heterocycles. The molecule has 0 fully saturated rings. The summed E-state index contributed by atoms with van der Waals surface area (Å²) in [4.78, 5) is 72.5. The highest BCUT2D eigenvalue weighted by Crippen LogP contribution is 2.45. The van der Waals surface area contributed by atoms with E-state index in [2.05, 4.69) is 48.5 Å². The molecule has 0 rings (SSSR count). The monoisotopic (exact) mass is 1410 g/mol. The van der Waals surface area contributed by atoms with Crippen molar-refractivity contribution in [2.24, 2.45) is 17.8 Å². The van der Waals surface area contributed by atoms with Crippen LogP contribution in [0, 0.1) is 17.8 Å². The molecular weight excluding hydrogens is 1260 g/mol. The van der Waals surface area contributed by atoms with Gasteiger partial charge < -0.3 is 33.8 Å². The predicted octanol–water partition coefficient (Wildman–Crippen LogP) is 22.6. The third-order valence-corrected chi connectivity index (χ3v) is 20.5. The number of aliphatic hydroxyl groups is 1. The maximum Gasteiger partial charge on any atom is 0.472 e. The molecule has 0 radical (unpaired) electrons. The average molecular weight is 1410 g/mol. The first-order valence-corrected chi connectivity index (χ1v) is 42.9. The lowest BCUT2D eigenvalue weighted by Crippen LogP contribution is -2.30. The molecule has 0 saturated carbocycles. The molecule has 0 spiro atoms. The lowest BCUT2D eigenvalue weighted by Gasteiger charge is -2.21. The van der Waals surface area contributed by atoms with Crippen molar-refractivity contribution in [3.63, 3.8) is 0 Å². The Morgan fingerprint density at radius 2 is 0.531 bits per heavy atom. The van der Waals surface area contributed by atoms with Crippen molar-refractivity contribution in [1.82, 2.24) is 0 Å². The van der Waals surface area contributed by atoms with E-state index in [-0.39, 0.29) is 25.7 Å². The number of carbonyl (C=O) groups excluding carboxylic acids is 4. The van der Waals surface area contributed by atoms with Crippen molar-refractivity contribution in [2.45, 2.75) is 414 Å². The summed E-state index contributed by atoms with van der Waals surface area (Å²) in [6, 6.07) is 0. The van der Waals surface area contributed by atoms with Gasteiger partial charge in [0.2, 0.25) is 0 Å². The number of hydrogen-bond donors (Lipinski definition) is 3. The molecule has 0 aliphatic rings. The maximum absolute atomic E-state index is 13.1. The summed E-state index contributed by atoms with van der Waals surface area (Å²) in [6.45, 7) is 11.9. The molecule has 0 bridgehead atoms. The summed E-state index contributed by atoms with van der Waals surface area (Å²) in [7, 11) is -9.90. The summed E-state index contributed by atoms with van der Waals surface area (Å²) < 4.78 is 68.3. The topological polar surface area (TPSA) is 237 Å². The molecule has 0 saturated heterocycles. The van der Waals surface area contributed by atoms with Gasteiger partial charge in [-0.1, -0.05) is 344 Å². The highest BCUT2D eigenvalue weighted by atomic mass is 31.2. The second-order valence-corrected chi connectivity index (χ2v) is 31.6. The molecule has 96 heavy (non-hydrogen) atoms. The van der Waals surface area contributed by atoms with Crippen molar-refractivity contribution in [3.8, 4) is 0 Å². The van der Waals surface area contributed by atoms with Crippen LogP contribution in [0.1, 0.15) is 395 Å². The van der Waals surface area contributed by atoms with E-state index >= 15 is 0 Å². The SMILES string of the molecule is CCCCCCCC(=O)OC[C@H](COP(=O)(O)OC[C@H](O)COP(=O)(O)OC[C@@H](COC(=O)CCCCCCCCCCCCCCCCCCC(C)C)OC(=O)CCCCCCCCCCCCCCCCCCCCC(C)CC)OC(=O)CCCCCCCCC(C)CC. The molecular formula is C77H150O17P2. The van der Waals surface area contributed by atoms with Crippen molar-refractivity contribution < 1.29 is 80.2 Å². The van der Waals surface area contributed by atoms with Gasteiger partial charge in [0.25, 0.3) is 0 Å². The van der Waals surface area contributed by atoms with Gasteiger partial charge in [-0.2, -0.15) is 0 Å². The van der Waals surface area contributed by atoms with Crippen molar-refractivity contribution in [2.75, 3.05) is 39.6 Å². The number of esters is 4. The second kappa shape index (κ2) is 67.5. The summed E-state index contributed by atoms with van der Waals surface area (Å²) in [5.41, 5.74) is 0. The normalized spacial score (nSPS) is 14.6. The predicted molar refractivity (Wildman–Crippen MR) is 391 cm³/mol. The number of phosphoric ester groups is 2. The van der Waals surface area contributed by atoms with Gasteiger partial charge in [0.1, 0.15) is 19.3 Å². The lowest BCUT2D eigenvalue weighted by atomic mass is 9.99. The zero-order valence-corrected chi connectivity index (χ0v) is 64.6. The third-order valence-electron chi connectivity index (χ3n) is 18.6. The Morgan fingerprint density at radius 3 is 0.792 bits per heavy atom. The summed E-state index contributed by atoms with van der Waals surface area (Å²) in [5, 5.41) is 10.6. The van der Waals surface area contributed by atoms with Gasteiger partial charge in [0.05, 0.1) is 26.4 Å². The smallest absolute Gasteiger partial charge is 0.462 e. The Hall–Kier alpha value is -1.94. The van der Waals surface area contributed by atoms with Crippen LogP contribution in [-0.4, -0.2) is 96.7 Å². The molecule has 17 nitrogen and oxygen atoms in total. The van der Waals surface area contributed by atoms with E-state index in [0.717, 1.165) is 114 Å². The molecule has 0 aliphatic carbocycles. The van der Waals surface area contributed by atoms with Gasteiger partial charge >= 0.3 is 39.5 Å². The number of unbranched alkanes of at least 4 members (excludes halogenated alkanes) is 41. The Bertz CT molecular complexity index is 1870. The van der Waals surface area contributed by atoms with Crippen LogP contribution in [-0.2, 0) is 65.4 Å². The number of hydrogen-bond acceptors (Lipinski definition) is 15. The summed E-state index contributed by atoms with van der Waals surface area (Å²) in [5.74, 6) is 0.272. The molecule has 3 N–H and O–H groups in total. The molecule has 0 aliphatic heterocycles. The van der Waals surface area contributed by atoms with Crippen LogP contribution in [0.5, 0.6) is 0 Å². The van der Waals surface area contributed by atoms with E-state index in [4.69, 9.17) is 37.0 Å². The number of rotatable bonds is 75. The maximum atomic E-state index is 13.1. The van der Waals surface area contributed by atoms with Gasteiger partial charge in [-0.3, -0.25) is 37.3 Å². The Balaban J connectivity index is 5.11. The summed E-state index contributed by atoms with van der Waals surface area (Å²) >= 11 is 0. The van der Waals surface area contributed by atoms with Gasteiger partial charge in [-0.05, 0) is 43.4 Å². The van der Waals surface area contributed by atoms with Crippen molar-refractivity contribution in [1.29, 1.82) is 0 Å². The highest BCUT2D eigenvalue weighted by molar-refractivity contribution is 7.47. The van der Waals surface area contributed by atoms with Crippen LogP contribution in [0.25, 0.3) is 0 Å². The van der Waals surface area contributed by atoms with Crippen molar-refractivity contribution >= 4 is 39.5 Å². The standard InChI is InChI=1S/C77H150O17P2/c1-8-11-12-41-51-58-74(79)87-64-72(94-77(82)61-54-47-40-39-44-50-57-70(7)10-3)66-91-95(83,84)89-62-71(78)63-90-96(85,86)92-67-73(65-88-75(80)59-52-45-37-33-29-25-21-18-17-19-23-27-31-35-42-48-55-68(4)5)93-76(81)60-53-46-38-34-30-26-22-16-14-13-15-20-24-28-32-36-43-49-56-69(6)9-2/h68-73,78H,8-67H2,1-7H3,(H,83,84)(H,85,86)/t69?,70?,71-,72+,73+/m0/s1. The van der Waals surface area contributed by atoms with E-state index in [1.807, 2.05) is 0 Å². The van der Waals surface area contributed by atoms with Gasteiger partial charge in [-0.25, -0.2) is 9.13 Å². The van der Waals surface area contributed by atoms with Crippen LogP contribution in [0.4, 0.5) is 0 Å². The Labute approximate surface area is 588 Å². The lowest BCUT2D eigenvalue weighted by molar-refractivity contribution is -0.161. The van der Waals surface area contributed by atoms with Crippen LogP contribution in [0.3, 0.4) is 0 Å². The first-order valence-electron chi connectivity index (χ1n) is 39.9. The minimum Gasteiger partial charge on any atom is -0.462 e. The first-order chi connectivity index (χ1) is 46.3. The summed E-state index contributed by atoms with van der Waals surface area (Å²) in [6.07, 6.45) is 54.7. The molecule has 0 heterocycles. The fraction of sp³-hybridized carbons (Fsp3) is 0.948. The zero-order chi connectivity index (χ0) is 70.9. The minimum absolute atomic E-state index is 0.102. The van der Waals surface area contributed by atoms with E-state index in [1.54, 1.807) is 0 Å². The number of phosphoric acid groups is 2. The van der Waals surface area contributed by atoms with Gasteiger partial charge in [0.15, 0.2) is 12.2 Å². The van der Waals surface area contributed by atoms with E-state index in [1.165, 1.54) is 199 Å². The highest BCUT2D eigenvalue weighted by Gasteiger charge is 2.30. The quantitative estimate of drug-likeness (QED) is 0.0222. The van der Waals surface area contributed by atoms with Crippen molar-refractivity contribution in [3.05, 3.63) is 0 Å². The largest absolute Gasteiger partial charge is 0.472 e. The molecule has 0 amide bonds. The molecule has 19 heteroatoms. The minimum atomic E-state index is -4.96. The Morgan fingerprint density at radius 1 is 0.302 bits per heavy atom. The van der Waals surface area contributed by atoms with Crippen LogP contribution in [0.2, 0.25) is 0 Å².